The summed E-state index contributed by atoms with van der Waals surface area (Å²) in [7, 11) is 0. The minimum Gasteiger partial charge on any atom is -0.508 e. The summed E-state index contributed by atoms with van der Waals surface area (Å²) in [4.78, 5) is 2.52. The summed E-state index contributed by atoms with van der Waals surface area (Å²) in [6, 6.07) is 16.9. The Bertz CT molecular complexity index is 779. The molecule has 3 aromatic rings. The number of fused-ring (bicyclic) bond motifs is 1. The summed E-state index contributed by atoms with van der Waals surface area (Å²) in [5, 5.41) is 11.8. The molecule has 3 heteroatoms. The average Bonchev–Trinajstić information content (AvgIpc) is 3.18. The summed E-state index contributed by atoms with van der Waals surface area (Å²) in [5.74, 6) is 0.328. The van der Waals surface area contributed by atoms with Crippen molar-refractivity contribution in [3.63, 3.8) is 0 Å². The second-order valence-electron chi connectivity index (χ2n) is 6.17. The quantitative estimate of drug-likeness (QED) is 0.795. The third kappa shape index (κ3) is 2.60. The van der Waals surface area contributed by atoms with Crippen molar-refractivity contribution in [1.29, 1.82) is 0 Å². The molecule has 2 aromatic carbocycles. The second kappa shape index (κ2) is 5.50. The summed E-state index contributed by atoms with van der Waals surface area (Å²) in [6.07, 6.45) is 5.55. The first-order valence-electron chi connectivity index (χ1n) is 7.84. The first-order chi connectivity index (χ1) is 10.8. The molecule has 0 radical (unpaired) electrons. The summed E-state index contributed by atoms with van der Waals surface area (Å²) < 4.78 is 2.32. The normalized spacial score (nSPS) is 19.0. The van der Waals surface area contributed by atoms with Gasteiger partial charge in [0.05, 0.1) is 0 Å². The summed E-state index contributed by atoms with van der Waals surface area (Å²) >= 11 is 0. The van der Waals surface area contributed by atoms with Crippen LogP contribution in [0.2, 0.25) is 0 Å². The number of phenolic OH excluding ortho intramolecular Hbond substituents is 1. The fourth-order valence-electron chi connectivity index (χ4n) is 3.43. The lowest BCUT2D eigenvalue weighted by Crippen LogP contribution is -2.20. The van der Waals surface area contributed by atoms with E-state index in [0.717, 1.165) is 25.0 Å². The predicted molar refractivity (Wildman–Crippen MR) is 89.0 cm³/mol. The van der Waals surface area contributed by atoms with Gasteiger partial charge in [0.25, 0.3) is 0 Å². The zero-order valence-corrected chi connectivity index (χ0v) is 12.5. The number of nitrogens with zero attached hydrogens (tertiary/aromatic N) is 2. The molecule has 1 aliphatic heterocycles. The SMILES string of the molecule is Oc1ccc2cc(CN3CCC(n4cccc4)C3)ccc2c1. The van der Waals surface area contributed by atoms with Crippen molar-refractivity contribution < 1.29 is 5.11 Å². The molecule has 1 unspecified atom stereocenters. The van der Waals surface area contributed by atoms with Gasteiger partial charge >= 0.3 is 0 Å². The molecule has 1 aliphatic rings. The molecule has 1 N–H and O–H groups in total. The zero-order chi connectivity index (χ0) is 14.9. The van der Waals surface area contributed by atoms with E-state index in [-0.39, 0.29) is 0 Å². The maximum atomic E-state index is 9.54. The van der Waals surface area contributed by atoms with Gasteiger partial charge in [-0.05, 0) is 53.1 Å². The molecule has 112 valence electrons. The van der Waals surface area contributed by atoms with Crippen molar-refractivity contribution in [3.05, 3.63) is 66.5 Å². The second-order valence-corrected chi connectivity index (χ2v) is 6.17. The minimum absolute atomic E-state index is 0.328. The standard InChI is InChI=1S/C19H20N2O/c22-19-6-5-16-11-15(3-4-17(16)12-19)13-20-10-7-18(14-20)21-8-1-2-9-21/h1-6,8-9,11-12,18,22H,7,10,13-14H2. The highest BCUT2D eigenvalue weighted by Crippen LogP contribution is 2.25. The molecule has 1 aromatic heterocycles. The van der Waals surface area contributed by atoms with Crippen LogP contribution in [0.25, 0.3) is 10.8 Å². The lowest BCUT2D eigenvalue weighted by Gasteiger charge is -2.17. The third-order valence-corrected chi connectivity index (χ3v) is 4.59. The van der Waals surface area contributed by atoms with Crippen molar-refractivity contribution >= 4 is 10.8 Å². The first kappa shape index (κ1) is 13.4. The molecule has 1 atom stereocenters. The fraction of sp³-hybridized carbons (Fsp3) is 0.263. The highest BCUT2D eigenvalue weighted by Gasteiger charge is 2.23. The van der Waals surface area contributed by atoms with E-state index in [0.29, 0.717) is 11.8 Å². The third-order valence-electron chi connectivity index (χ3n) is 4.59. The molecule has 22 heavy (non-hydrogen) atoms. The molecule has 0 saturated carbocycles. The Hall–Kier alpha value is -2.26. The maximum Gasteiger partial charge on any atom is 0.116 e. The van der Waals surface area contributed by atoms with Crippen molar-refractivity contribution in [2.24, 2.45) is 0 Å². The summed E-state index contributed by atoms with van der Waals surface area (Å²) in [6.45, 7) is 3.26. The van der Waals surface area contributed by atoms with E-state index in [2.05, 4.69) is 52.2 Å². The molecule has 1 fully saturated rings. The van der Waals surface area contributed by atoms with Gasteiger partial charge in [-0.25, -0.2) is 0 Å². The topological polar surface area (TPSA) is 28.4 Å². The van der Waals surface area contributed by atoms with Gasteiger partial charge in [-0.1, -0.05) is 18.2 Å². The number of benzene rings is 2. The minimum atomic E-state index is 0.328. The van der Waals surface area contributed by atoms with Crippen LogP contribution in [0.5, 0.6) is 5.75 Å². The number of rotatable bonds is 3. The van der Waals surface area contributed by atoms with Crippen LogP contribution in [0.4, 0.5) is 0 Å². The maximum absolute atomic E-state index is 9.54. The summed E-state index contributed by atoms with van der Waals surface area (Å²) in [5.41, 5.74) is 1.34. The molecule has 0 bridgehead atoms. The number of hydrogen-bond acceptors (Lipinski definition) is 2. The molecule has 0 spiro atoms. The predicted octanol–water partition coefficient (Wildman–Crippen LogP) is 3.79. The van der Waals surface area contributed by atoms with Crippen LogP contribution in [0, 0.1) is 0 Å². The highest BCUT2D eigenvalue weighted by atomic mass is 16.3. The largest absolute Gasteiger partial charge is 0.508 e. The number of likely N-dealkylation sites (tertiary alicyclic amines) is 1. The number of phenols is 1. The van der Waals surface area contributed by atoms with Crippen LogP contribution in [-0.4, -0.2) is 27.7 Å². The van der Waals surface area contributed by atoms with Crippen LogP contribution in [0.3, 0.4) is 0 Å². The Balaban J connectivity index is 1.48. The van der Waals surface area contributed by atoms with E-state index in [4.69, 9.17) is 0 Å². The Kier molecular flexibility index (Phi) is 3.35. The van der Waals surface area contributed by atoms with Crippen LogP contribution >= 0.6 is 0 Å². The number of aromatic hydroxyl groups is 1. The van der Waals surface area contributed by atoms with Crippen molar-refractivity contribution in [3.8, 4) is 5.75 Å². The van der Waals surface area contributed by atoms with E-state index in [1.54, 1.807) is 6.07 Å². The number of hydrogen-bond donors (Lipinski definition) is 1. The molecule has 3 nitrogen and oxygen atoms in total. The molecule has 1 saturated heterocycles. The van der Waals surface area contributed by atoms with E-state index < -0.39 is 0 Å². The zero-order valence-electron chi connectivity index (χ0n) is 12.5. The van der Waals surface area contributed by atoms with Gasteiger partial charge in [-0.15, -0.1) is 0 Å². The highest BCUT2D eigenvalue weighted by molar-refractivity contribution is 5.84. The van der Waals surface area contributed by atoms with Gasteiger partial charge in [0.1, 0.15) is 5.75 Å². The van der Waals surface area contributed by atoms with Gasteiger partial charge in [0.15, 0.2) is 0 Å². The van der Waals surface area contributed by atoms with Gasteiger partial charge in [0, 0.05) is 38.1 Å². The Morgan fingerprint density at radius 2 is 1.77 bits per heavy atom. The van der Waals surface area contributed by atoms with E-state index in [1.807, 2.05) is 12.1 Å². The molecule has 0 amide bonds. The first-order valence-corrected chi connectivity index (χ1v) is 7.84. The average molecular weight is 292 g/mol. The lowest BCUT2D eigenvalue weighted by molar-refractivity contribution is 0.316. The monoisotopic (exact) mass is 292 g/mol. The fourth-order valence-corrected chi connectivity index (χ4v) is 3.43. The van der Waals surface area contributed by atoms with E-state index in [9.17, 15) is 5.11 Å². The van der Waals surface area contributed by atoms with Crippen LogP contribution < -0.4 is 0 Å². The van der Waals surface area contributed by atoms with E-state index in [1.165, 1.54) is 17.4 Å². The van der Waals surface area contributed by atoms with Gasteiger partial charge in [0.2, 0.25) is 0 Å². The molecular formula is C19H20N2O. The van der Waals surface area contributed by atoms with Crippen molar-refractivity contribution in [2.75, 3.05) is 13.1 Å². The Morgan fingerprint density at radius 3 is 2.64 bits per heavy atom. The van der Waals surface area contributed by atoms with E-state index >= 15 is 0 Å². The van der Waals surface area contributed by atoms with Crippen molar-refractivity contribution in [1.82, 2.24) is 9.47 Å². The molecular weight excluding hydrogens is 272 g/mol. The van der Waals surface area contributed by atoms with Crippen LogP contribution in [0.15, 0.2) is 60.9 Å². The van der Waals surface area contributed by atoms with Gasteiger partial charge < -0.3 is 9.67 Å². The van der Waals surface area contributed by atoms with Crippen LogP contribution in [-0.2, 0) is 6.54 Å². The Morgan fingerprint density at radius 1 is 1.00 bits per heavy atom. The lowest BCUT2D eigenvalue weighted by atomic mass is 10.1. The number of aromatic nitrogens is 1. The van der Waals surface area contributed by atoms with Crippen molar-refractivity contribution in [2.45, 2.75) is 19.0 Å². The van der Waals surface area contributed by atoms with Gasteiger partial charge in [-0.3, -0.25) is 4.90 Å². The smallest absolute Gasteiger partial charge is 0.116 e. The molecule has 0 aliphatic carbocycles. The van der Waals surface area contributed by atoms with Gasteiger partial charge in [-0.2, -0.15) is 0 Å². The molecule has 4 rings (SSSR count). The Labute approximate surface area is 130 Å². The van der Waals surface area contributed by atoms with Crippen LogP contribution in [0.1, 0.15) is 18.0 Å². The molecule has 2 heterocycles.